The van der Waals surface area contributed by atoms with Crippen molar-refractivity contribution < 1.29 is 24.2 Å². The average Bonchev–Trinajstić information content (AvgIpc) is 3.32. The second-order valence-electron chi connectivity index (χ2n) is 7.43. The molecule has 0 radical (unpaired) electrons. The van der Waals surface area contributed by atoms with Crippen molar-refractivity contribution in [3.63, 3.8) is 0 Å². The van der Waals surface area contributed by atoms with E-state index < -0.39 is 5.97 Å². The number of piperazine rings is 1. The van der Waals surface area contributed by atoms with E-state index in [0.29, 0.717) is 56.4 Å². The van der Waals surface area contributed by atoms with Crippen LogP contribution in [0.15, 0.2) is 35.7 Å². The fraction of sp³-hybridized carbons (Fsp3) is 0.409. The number of anilines is 2. The van der Waals surface area contributed by atoms with Crippen molar-refractivity contribution in [2.75, 3.05) is 63.2 Å². The summed E-state index contributed by atoms with van der Waals surface area (Å²) in [5, 5.41) is 16.9. The zero-order valence-electron chi connectivity index (χ0n) is 18.0. The summed E-state index contributed by atoms with van der Waals surface area (Å²) in [6.07, 6.45) is 0.780. The van der Waals surface area contributed by atoms with E-state index in [-0.39, 0.29) is 17.4 Å². The maximum Gasteiger partial charge on any atom is 0.335 e. The zero-order valence-corrected chi connectivity index (χ0v) is 18.8. The lowest BCUT2D eigenvalue weighted by atomic mass is 10.1. The standard InChI is InChI=1S/C22H28N4O5S/c1-31-12-3-7-23-20(27)15-25-8-10-26(11-9-25)18-6-5-16(22(29)30)14-17(18)24-21(28)19-4-2-13-32-19/h2,4-6,13-14H,3,7-12,15H2,1H3,(H,23,27)(H,24,28)(H,29,30). The fourth-order valence-electron chi connectivity index (χ4n) is 3.49. The molecule has 1 aliphatic heterocycles. The van der Waals surface area contributed by atoms with Gasteiger partial charge in [-0.25, -0.2) is 4.79 Å². The number of carboxylic acid groups (broad SMARTS) is 1. The predicted octanol–water partition coefficient (Wildman–Crippen LogP) is 1.97. The lowest BCUT2D eigenvalue weighted by Gasteiger charge is -2.36. The molecule has 32 heavy (non-hydrogen) atoms. The molecule has 0 bridgehead atoms. The van der Waals surface area contributed by atoms with E-state index in [1.165, 1.54) is 23.5 Å². The molecule has 0 spiro atoms. The van der Waals surface area contributed by atoms with Gasteiger partial charge in [0.1, 0.15) is 0 Å². The largest absolute Gasteiger partial charge is 0.478 e. The molecule has 9 nitrogen and oxygen atoms in total. The Morgan fingerprint density at radius 2 is 1.94 bits per heavy atom. The van der Waals surface area contributed by atoms with Gasteiger partial charge in [0.2, 0.25) is 5.91 Å². The van der Waals surface area contributed by atoms with Gasteiger partial charge in [0.05, 0.1) is 28.4 Å². The third-order valence-corrected chi connectivity index (χ3v) is 6.03. The smallest absolute Gasteiger partial charge is 0.335 e. The first-order valence-electron chi connectivity index (χ1n) is 10.4. The maximum absolute atomic E-state index is 12.6. The summed E-state index contributed by atoms with van der Waals surface area (Å²) in [6, 6.07) is 8.27. The number of thiophene rings is 1. The molecule has 1 fully saturated rings. The lowest BCUT2D eigenvalue weighted by molar-refractivity contribution is -0.122. The number of hydrogen-bond donors (Lipinski definition) is 3. The molecule has 3 N–H and O–H groups in total. The van der Waals surface area contributed by atoms with Gasteiger partial charge in [-0.3, -0.25) is 14.5 Å². The molecule has 10 heteroatoms. The first-order valence-corrected chi connectivity index (χ1v) is 11.3. The van der Waals surface area contributed by atoms with Gasteiger partial charge in [0, 0.05) is 46.4 Å². The number of carbonyl (C=O) groups is 3. The molecule has 172 valence electrons. The molecule has 0 atom stereocenters. The van der Waals surface area contributed by atoms with Crippen LogP contribution >= 0.6 is 11.3 Å². The summed E-state index contributed by atoms with van der Waals surface area (Å²) in [4.78, 5) is 40.8. The highest BCUT2D eigenvalue weighted by atomic mass is 32.1. The summed E-state index contributed by atoms with van der Waals surface area (Å²) in [6.45, 7) is 4.23. The Labute approximate surface area is 191 Å². The predicted molar refractivity (Wildman–Crippen MR) is 124 cm³/mol. The van der Waals surface area contributed by atoms with Gasteiger partial charge in [0.25, 0.3) is 5.91 Å². The summed E-state index contributed by atoms with van der Waals surface area (Å²) >= 11 is 1.32. The molecule has 0 aliphatic carbocycles. The van der Waals surface area contributed by atoms with Crippen LogP contribution in [0.5, 0.6) is 0 Å². The first-order chi connectivity index (χ1) is 15.5. The Morgan fingerprint density at radius 3 is 2.59 bits per heavy atom. The Kier molecular flexibility index (Phi) is 8.60. The first kappa shape index (κ1) is 23.7. The van der Waals surface area contributed by atoms with Crippen LogP contribution < -0.4 is 15.5 Å². The number of carbonyl (C=O) groups excluding carboxylic acids is 2. The number of methoxy groups -OCH3 is 1. The summed E-state index contributed by atoms with van der Waals surface area (Å²) < 4.78 is 4.98. The van der Waals surface area contributed by atoms with Gasteiger partial charge < -0.3 is 25.4 Å². The number of nitrogens with one attached hydrogen (secondary N) is 2. The normalized spacial score (nSPS) is 14.2. The SMILES string of the molecule is COCCCNC(=O)CN1CCN(c2ccc(C(=O)O)cc2NC(=O)c2cccs2)CC1. The van der Waals surface area contributed by atoms with E-state index in [0.717, 1.165) is 12.1 Å². The number of nitrogens with zero attached hydrogens (tertiary/aromatic N) is 2. The van der Waals surface area contributed by atoms with Crippen LogP contribution in [-0.4, -0.2) is 80.8 Å². The number of hydrogen-bond acceptors (Lipinski definition) is 7. The van der Waals surface area contributed by atoms with Crippen molar-refractivity contribution in [3.8, 4) is 0 Å². The van der Waals surface area contributed by atoms with E-state index >= 15 is 0 Å². The number of carboxylic acids is 1. The maximum atomic E-state index is 12.6. The van der Waals surface area contributed by atoms with Crippen molar-refractivity contribution in [2.24, 2.45) is 0 Å². The zero-order chi connectivity index (χ0) is 22.9. The molecule has 0 unspecified atom stereocenters. The number of ether oxygens (including phenoxy) is 1. The summed E-state index contributed by atoms with van der Waals surface area (Å²) in [5.74, 6) is -1.33. The Morgan fingerprint density at radius 1 is 1.16 bits per heavy atom. The topological polar surface area (TPSA) is 111 Å². The van der Waals surface area contributed by atoms with Gasteiger partial charge in [-0.05, 0) is 36.1 Å². The molecule has 1 aromatic heterocycles. The fourth-order valence-corrected chi connectivity index (χ4v) is 4.11. The van der Waals surface area contributed by atoms with E-state index in [1.807, 2.05) is 5.38 Å². The van der Waals surface area contributed by atoms with Gasteiger partial charge in [-0.15, -0.1) is 11.3 Å². The molecule has 2 amide bonds. The Hall–Kier alpha value is -2.95. The number of aromatic carboxylic acids is 1. The van der Waals surface area contributed by atoms with E-state index in [9.17, 15) is 19.5 Å². The number of rotatable bonds is 10. The van der Waals surface area contributed by atoms with Crippen LogP contribution in [0, 0.1) is 0 Å². The van der Waals surface area contributed by atoms with Crippen molar-refractivity contribution in [1.82, 2.24) is 10.2 Å². The highest BCUT2D eigenvalue weighted by molar-refractivity contribution is 7.12. The minimum atomic E-state index is -1.05. The monoisotopic (exact) mass is 460 g/mol. The third-order valence-electron chi connectivity index (χ3n) is 5.16. The van der Waals surface area contributed by atoms with Crippen molar-refractivity contribution in [3.05, 3.63) is 46.2 Å². The van der Waals surface area contributed by atoms with E-state index in [4.69, 9.17) is 4.74 Å². The second-order valence-corrected chi connectivity index (χ2v) is 8.38. The lowest BCUT2D eigenvalue weighted by Crippen LogP contribution is -2.49. The minimum absolute atomic E-state index is 0.00994. The van der Waals surface area contributed by atoms with Gasteiger partial charge in [-0.1, -0.05) is 6.07 Å². The van der Waals surface area contributed by atoms with Crippen LogP contribution in [0.1, 0.15) is 26.5 Å². The molecule has 0 saturated carbocycles. The highest BCUT2D eigenvalue weighted by Gasteiger charge is 2.22. The molecule has 1 saturated heterocycles. The molecular weight excluding hydrogens is 432 g/mol. The number of amides is 2. The third kappa shape index (κ3) is 6.52. The summed E-state index contributed by atoms with van der Waals surface area (Å²) in [5.41, 5.74) is 1.34. The van der Waals surface area contributed by atoms with Crippen molar-refractivity contribution >= 4 is 40.5 Å². The molecule has 3 rings (SSSR count). The van der Waals surface area contributed by atoms with Crippen molar-refractivity contribution in [2.45, 2.75) is 6.42 Å². The van der Waals surface area contributed by atoms with Gasteiger partial charge in [0.15, 0.2) is 0 Å². The quantitative estimate of drug-likeness (QED) is 0.465. The number of benzene rings is 1. The minimum Gasteiger partial charge on any atom is -0.478 e. The van der Waals surface area contributed by atoms with Crippen LogP contribution in [0.4, 0.5) is 11.4 Å². The average molecular weight is 461 g/mol. The van der Waals surface area contributed by atoms with Gasteiger partial charge in [-0.2, -0.15) is 0 Å². The molecular formula is C22H28N4O5S. The highest BCUT2D eigenvalue weighted by Crippen LogP contribution is 2.29. The van der Waals surface area contributed by atoms with Crippen LogP contribution in [0.25, 0.3) is 0 Å². The second kappa shape index (κ2) is 11.6. The molecule has 2 aromatic rings. The van der Waals surface area contributed by atoms with Crippen LogP contribution in [0.2, 0.25) is 0 Å². The van der Waals surface area contributed by atoms with Crippen molar-refractivity contribution in [1.29, 1.82) is 0 Å². The Bertz CT molecular complexity index is 926. The van der Waals surface area contributed by atoms with Crippen LogP contribution in [0.3, 0.4) is 0 Å². The Balaban J connectivity index is 1.62. The van der Waals surface area contributed by atoms with Gasteiger partial charge >= 0.3 is 5.97 Å². The molecule has 2 heterocycles. The molecule has 1 aromatic carbocycles. The molecule has 1 aliphatic rings. The van der Waals surface area contributed by atoms with Crippen LogP contribution in [-0.2, 0) is 9.53 Å². The van der Waals surface area contributed by atoms with E-state index in [1.54, 1.807) is 25.3 Å². The summed E-state index contributed by atoms with van der Waals surface area (Å²) in [7, 11) is 1.63. The van der Waals surface area contributed by atoms with E-state index in [2.05, 4.69) is 20.4 Å².